The van der Waals surface area contributed by atoms with E-state index >= 15 is 0 Å². The van der Waals surface area contributed by atoms with Crippen LogP contribution in [-0.4, -0.2) is 41.6 Å². The molecular formula is C28H35NO5. The summed E-state index contributed by atoms with van der Waals surface area (Å²) in [4.78, 5) is 28.6. The SMILES string of the molecule is CCCCCC[C@H]1C(=O)N(Cc2ccc(OC)cc2)[C@@]2(COCc3ccccc3)C(=O)O[C@@]12C. The fourth-order valence-corrected chi connectivity index (χ4v) is 5.34. The predicted octanol–water partition coefficient (Wildman–Crippen LogP) is 4.90. The van der Waals surface area contributed by atoms with Crippen LogP contribution in [0.4, 0.5) is 0 Å². The van der Waals surface area contributed by atoms with Crippen molar-refractivity contribution in [2.24, 2.45) is 5.92 Å². The lowest BCUT2D eigenvalue weighted by molar-refractivity contribution is -0.243. The Morgan fingerprint density at radius 1 is 0.971 bits per heavy atom. The summed E-state index contributed by atoms with van der Waals surface area (Å²) in [5, 5.41) is 0. The highest BCUT2D eigenvalue weighted by molar-refractivity contribution is 6.01. The Kier molecular flexibility index (Phi) is 7.27. The predicted molar refractivity (Wildman–Crippen MR) is 129 cm³/mol. The minimum atomic E-state index is -1.12. The average molecular weight is 466 g/mol. The van der Waals surface area contributed by atoms with E-state index in [2.05, 4.69) is 6.92 Å². The number of carbonyl (C=O) groups is 2. The van der Waals surface area contributed by atoms with Gasteiger partial charge < -0.3 is 19.1 Å². The molecule has 0 unspecified atom stereocenters. The maximum absolute atomic E-state index is 13.8. The highest BCUT2D eigenvalue weighted by Crippen LogP contribution is 2.56. The number of nitrogens with zero attached hydrogens (tertiary/aromatic N) is 1. The summed E-state index contributed by atoms with van der Waals surface area (Å²) in [5.41, 5.74) is -0.0502. The first-order chi connectivity index (χ1) is 16.5. The molecule has 2 saturated heterocycles. The number of ether oxygens (including phenoxy) is 3. The summed E-state index contributed by atoms with van der Waals surface area (Å²) in [6.45, 7) is 4.90. The molecule has 0 bridgehead atoms. The van der Waals surface area contributed by atoms with Crippen LogP contribution in [0, 0.1) is 5.92 Å². The number of rotatable bonds is 12. The first-order valence-electron chi connectivity index (χ1n) is 12.3. The fraction of sp³-hybridized carbons (Fsp3) is 0.500. The molecule has 2 heterocycles. The molecule has 2 aromatic rings. The molecule has 0 aliphatic carbocycles. The zero-order valence-corrected chi connectivity index (χ0v) is 20.4. The second-order valence-electron chi connectivity index (χ2n) is 9.51. The van der Waals surface area contributed by atoms with E-state index in [0.29, 0.717) is 19.6 Å². The second-order valence-corrected chi connectivity index (χ2v) is 9.51. The van der Waals surface area contributed by atoms with Gasteiger partial charge in [0.25, 0.3) is 0 Å². The van der Waals surface area contributed by atoms with Crippen molar-refractivity contribution < 1.29 is 23.8 Å². The largest absolute Gasteiger partial charge is 0.497 e. The van der Waals surface area contributed by atoms with Gasteiger partial charge in [-0.1, -0.05) is 75.1 Å². The molecule has 3 atom stereocenters. The van der Waals surface area contributed by atoms with Gasteiger partial charge in [-0.25, -0.2) is 4.79 Å². The summed E-state index contributed by atoms with van der Waals surface area (Å²) in [5.74, 6) is -0.00955. The maximum Gasteiger partial charge on any atom is 0.339 e. The van der Waals surface area contributed by atoms with E-state index in [4.69, 9.17) is 14.2 Å². The average Bonchev–Trinajstić information content (AvgIpc) is 2.98. The van der Waals surface area contributed by atoms with Crippen LogP contribution in [0.5, 0.6) is 5.75 Å². The molecule has 0 spiro atoms. The van der Waals surface area contributed by atoms with Gasteiger partial charge in [0.15, 0.2) is 5.60 Å². The molecule has 2 aliphatic heterocycles. The number of methoxy groups -OCH3 is 1. The van der Waals surface area contributed by atoms with E-state index in [0.717, 1.165) is 42.6 Å². The van der Waals surface area contributed by atoms with Crippen LogP contribution in [0.15, 0.2) is 54.6 Å². The molecule has 1 amide bonds. The molecule has 34 heavy (non-hydrogen) atoms. The number of hydrogen-bond donors (Lipinski definition) is 0. The number of hydrogen-bond acceptors (Lipinski definition) is 5. The summed E-state index contributed by atoms with van der Waals surface area (Å²) in [7, 11) is 1.62. The summed E-state index contributed by atoms with van der Waals surface area (Å²) >= 11 is 0. The zero-order valence-electron chi connectivity index (χ0n) is 20.4. The van der Waals surface area contributed by atoms with Crippen molar-refractivity contribution in [3.8, 4) is 5.75 Å². The van der Waals surface area contributed by atoms with Crippen LogP contribution in [0.3, 0.4) is 0 Å². The lowest BCUT2D eigenvalue weighted by atomic mass is 9.70. The van der Waals surface area contributed by atoms with E-state index in [-0.39, 0.29) is 24.4 Å². The van der Waals surface area contributed by atoms with Gasteiger partial charge in [0, 0.05) is 6.54 Å². The minimum Gasteiger partial charge on any atom is -0.497 e. The van der Waals surface area contributed by atoms with Crippen molar-refractivity contribution in [2.45, 2.75) is 70.2 Å². The molecule has 0 N–H and O–H groups in total. The van der Waals surface area contributed by atoms with E-state index in [1.165, 1.54) is 0 Å². The molecule has 2 aliphatic rings. The van der Waals surface area contributed by atoms with Gasteiger partial charge in [0.1, 0.15) is 5.75 Å². The third kappa shape index (κ3) is 4.20. The van der Waals surface area contributed by atoms with Gasteiger partial charge in [-0.05, 0) is 36.6 Å². The Morgan fingerprint density at radius 2 is 1.71 bits per heavy atom. The van der Waals surface area contributed by atoms with Crippen LogP contribution in [-0.2, 0) is 32.2 Å². The molecular weight excluding hydrogens is 430 g/mol. The van der Waals surface area contributed by atoms with Crippen molar-refractivity contribution >= 4 is 11.9 Å². The van der Waals surface area contributed by atoms with Gasteiger partial charge in [-0.15, -0.1) is 0 Å². The highest BCUT2D eigenvalue weighted by Gasteiger charge is 2.79. The van der Waals surface area contributed by atoms with Gasteiger partial charge >= 0.3 is 5.97 Å². The molecule has 0 radical (unpaired) electrons. The van der Waals surface area contributed by atoms with Crippen LogP contribution >= 0.6 is 0 Å². The van der Waals surface area contributed by atoms with Crippen molar-refractivity contribution in [1.82, 2.24) is 4.90 Å². The molecule has 4 rings (SSSR count). The standard InChI is InChI=1S/C28H35NO5/c1-4-5-6-10-13-24-25(30)29(18-21-14-16-23(32-3)17-15-21)28(26(31)34-27(24,28)2)20-33-19-22-11-8-7-9-12-22/h7-9,11-12,14-17,24H,4-6,10,13,18-20H2,1-3H3/t24-,27-,28-/m0/s1. The zero-order chi connectivity index (χ0) is 24.2. The fourth-order valence-electron chi connectivity index (χ4n) is 5.34. The third-order valence-electron chi connectivity index (χ3n) is 7.42. The Hall–Kier alpha value is -2.86. The smallest absolute Gasteiger partial charge is 0.339 e. The Bertz CT molecular complexity index is 992. The lowest BCUT2D eigenvalue weighted by Crippen LogP contribution is -2.76. The van der Waals surface area contributed by atoms with E-state index in [1.807, 2.05) is 61.5 Å². The van der Waals surface area contributed by atoms with E-state index in [9.17, 15) is 9.59 Å². The topological polar surface area (TPSA) is 65.1 Å². The van der Waals surface area contributed by atoms with Gasteiger partial charge in [0.2, 0.25) is 11.4 Å². The van der Waals surface area contributed by atoms with Crippen LogP contribution < -0.4 is 4.74 Å². The van der Waals surface area contributed by atoms with Gasteiger partial charge in [-0.3, -0.25) is 4.79 Å². The lowest BCUT2D eigenvalue weighted by Gasteiger charge is -2.54. The first kappa shape index (κ1) is 24.3. The van der Waals surface area contributed by atoms with Gasteiger partial charge in [-0.2, -0.15) is 0 Å². The minimum absolute atomic E-state index is 0.0241. The van der Waals surface area contributed by atoms with Crippen molar-refractivity contribution in [3.05, 3.63) is 65.7 Å². The van der Waals surface area contributed by atoms with Crippen LogP contribution in [0.25, 0.3) is 0 Å². The van der Waals surface area contributed by atoms with Crippen molar-refractivity contribution in [1.29, 1.82) is 0 Å². The van der Waals surface area contributed by atoms with Crippen molar-refractivity contribution in [2.75, 3.05) is 13.7 Å². The number of fused-ring (bicyclic) bond motifs is 1. The maximum atomic E-state index is 13.8. The molecule has 0 saturated carbocycles. The van der Waals surface area contributed by atoms with Crippen LogP contribution in [0.1, 0.15) is 57.1 Å². The molecule has 2 fully saturated rings. The quantitative estimate of drug-likeness (QED) is 0.330. The summed E-state index contributed by atoms with van der Waals surface area (Å²) in [6.07, 6.45) is 4.99. The summed E-state index contributed by atoms with van der Waals surface area (Å²) < 4.78 is 17.2. The number of amides is 1. The molecule has 0 aromatic heterocycles. The number of esters is 1. The molecule has 2 aromatic carbocycles. The van der Waals surface area contributed by atoms with Crippen LogP contribution in [0.2, 0.25) is 0 Å². The normalized spacial score (nSPS) is 25.6. The number of unbranched alkanes of at least 4 members (excludes halogenated alkanes) is 3. The monoisotopic (exact) mass is 465 g/mol. The van der Waals surface area contributed by atoms with E-state index < -0.39 is 11.1 Å². The number of likely N-dealkylation sites (tertiary alicyclic amines) is 1. The molecule has 6 nitrogen and oxygen atoms in total. The Balaban J connectivity index is 1.59. The molecule has 182 valence electrons. The third-order valence-corrected chi connectivity index (χ3v) is 7.42. The Labute approximate surface area is 202 Å². The van der Waals surface area contributed by atoms with Gasteiger partial charge in [0.05, 0.1) is 26.2 Å². The van der Waals surface area contributed by atoms with E-state index in [1.54, 1.807) is 12.0 Å². The molecule has 6 heteroatoms. The highest BCUT2D eigenvalue weighted by atomic mass is 16.6. The van der Waals surface area contributed by atoms with Crippen molar-refractivity contribution in [3.63, 3.8) is 0 Å². The number of benzene rings is 2. The number of carbonyl (C=O) groups excluding carboxylic acids is 2. The first-order valence-corrected chi connectivity index (χ1v) is 12.3. The second kappa shape index (κ2) is 10.2. The Morgan fingerprint density at radius 3 is 2.35 bits per heavy atom. The summed E-state index contributed by atoms with van der Waals surface area (Å²) in [6, 6.07) is 17.5.